The number of amides is 3. The minimum atomic E-state index is -3.01. The number of halogens is 5. The molecule has 8 nitrogen and oxygen atoms in total. The highest BCUT2D eigenvalue weighted by molar-refractivity contribution is 6.35. The van der Waals surface area contributed by atoms with Crippen molar-refractivity contribution in [3.05, 3.63) is 34.5 Å². The van der Waals surface area contributed by atoms with E-state index in [1.165, 1.54) is 0 Å². The monoisotopic (exact) mass is 553 g/mol. The van der Waals surface area contributed by atoms with Crippen molar-refractivity contribution >= 4 is 40.2 Å². The summed E-state index contributed by atoms with van der Waals surface area (Å²) in [6.45, 7) is 0.379. The van der Waals surface area contributed by atoms with E-state index in [4.69, 9.17) is 11.6 Å². The molecule has 0 bridgehead atoms. The summed E-state index contributed by atoms with van der Waals surface area (Å²) in [5, 5.41) is 14.3. The first-order chi connectivity index (χ1) is 18.0. The normalized spacial score (nSPS) is 27.1. The number of rotatable bonds is 5. The number of carbonyl (C=O) groups excluding carboxylic acids is 3. The number of benzene rings is 1. The third-order valence-electron chi connectivity index (χ3n) is 7.78. The van der Waals surface area contributed by atoms with Gasteiger partial charge in [-0.05, 0) is 37.2 Å². The van der Waals surface area contributed by atoms with Gasteiger partial charge in [-0.3, -0.25) is 14.4 Å². The van der Waals surface area contributed by atoms with E-state index in [1.807, 2.05) is 6.07 Å². The number of likely N-dealkylation sites (tertiary alicyclic amines) is 1. The first kappa shape index (κ1) is 26.3. The van der Waals surface area contributed by atoms with Crippen LogP contribution >= 0.6 is 11.6 Å². The van der Waals surface area contributed by atoms with Gasteiger partial charge in [-0.25, -0.2) is 17.6 Å². The van der Waals surface area contributed by atoms with Gasteiger partial charge in [-0.15, -0.1) is 0 Å². The summed E-state index contributed by atoms with van der Waals surface area (Å²) in [5.74, 6) is -8.77. The van der Waals surface area contributed by atoms with E-state index in [2.05, 4.69) is 15.6 Å². The molecule has 5 atom stereocenters. The van der Waals surface area contributed by atoms with Gasteiger partial charge < -0.3 is 20.5 Å². The fraction of sp³-hybridized carbons (Fsp3) is 0.520. The number of carbonyl (C=O) groups is 3. The predicted octanol–water partition coefficient (Wildman–Crippen LogP) is 3.51. The van der Waals surface area contributed by atoms with Crippen LogP contribution in [0.15, 0.2) is 12.1 Å². The Morgan fingerprint density at radius 1 is 1.26 bits per heavy atom. The molecule has 5 rings (SSSR count). The number of H-pyrrole nitrogens is 1. The van der Waals surface area contributed by atoms with Crippen molar-refractivity contribution < 1.29 is 31.9 Å². The average molecular weight is 554 g/mol. The molecule has 1 aliphatic carbocycles. The molecule has 1 aromatic heterocycles. The van der Waals surface area contributed by atoms with Crippen LogP contribution in [0, 0.1) is 40.7 Å². The van der Waals surface area contributed by atoms with E-state index in [0.29, 0.717) is 19.0 Å². The molecule has 202 valence electrons. The van der Waals surface area contributed by atoms with Crippen LogP contribution in [0.4, 0.5) is 17.6 Å². The maximum atomic E-state index is 14.3. The highest BCUT2D eigenvalue weighted by Crippen LogP contribution is 2.50. The summed E-state index contributed by atoms with van der Waals surface area (Å²) >= 11 is 5.92. The Labute approximate surface area is 219 Å². The molecule has 2 aromatic rings. The first-order valence-corrected chi connectivity index (χ1v) is 12.7. The van der Waals surface area contributed by atoms with Crippen molar-refractivity contribution in [2.45, 2.75) is 50.1 Å². The summed E-state index contributed by atoms with van der Waals surface area (Å²) in [5.41, 5.74) is -0.332. The molecule has 3 aliphatic rings. The third kappa shape index (κ3) is 4.68. The van der Waals surface area contributed by atoms with Gasteiger partial charge >= 0.3 is 0 Å². The summed E-state index contributed by atoms with van der Waals surface area (Å²) in [6, 6.07) is 1.28. The number of aromatic amines is 1. The first-order valence-electron chi connectivity index (χ1n) is 12.3. The lowest BCUT2D eigenvalue weighted by atomic mass is 9.90. The van der Waals surface area contributed by atoms with Crippen molar-refractivity contribution in [1.82, 2.24) is 20.5 Å². The van der Waals surface area contributed by atoms with Crippen molar-refractivity contribution in [2.24, 2.45) is 17.8 Å². The van der Waals surface area contributed by atoms with Gasteiger partial charge in [0, 0.05) is 43.3 Å². The van der Waals surface area contributed by atoms with Gasteiger partial charge in [-0.1, -0.05) is 11.6 Å². The minimum absolute atomic E-state index is 0.0460. The summed E-state index contributed by atoms with van der Waals surface area (Å²) in [6.07, 6.45) is 0.203. The Kier molecular flexibility index (Phi) is 6.75. The predicted molar refractivity (Wildman–Crippen MR) is 127 cm³/mol. The largest absolute Gasteiger partial charge is 0.356 e. The number of nitrogens with zero attached hydrogens (tertiary/aromatic N) is 2. The zero-order valence-electron chi connectivity index (χ0n) is 20.0. The van der Waals surface area contributed by atoms with Gasteiger partial charge in [0.25, 0.3) is 5.91 Å². The van der Waals surface area contributed by atoms with Crippen LogP contribution in [0.25, 0.3) is 10.9 Å². The summed E-state index contributed by atoms with van der Waals surface area (Å²) in [7, 11) is 0. The molecule has 3 N–H and O–H groups in total. The van der Waals surface area contributed by atoms with E-state index < -0.39 is 77.1 Å². The number of piperidine rings is 1. The van der Waals surface area contributed by atoms with Crippen LogP contribution in [0.2, 0.25) is 5.02 Å². The van der Waals surface area contributed by atoms with Crippen molar-refractivity contribution in [3.8, 4) is 6.07 Å². The second-order valence-corrected chi connectivity index (χ2v) is 10.7. The fourth-order valence-corrected chi connectivity index (χ4v) is 6.25. The van der Waals surface area contributed by atoms with E-state index in [1.54, 1.807) is 0 Å². The van der Waals surface area contributed by atoms with Crippen LogP contribution < -0.4 is 10.6 Å². The zero-order valence-corrected chi connectivity index (χ0v) is 20.8. The highest BCUT2D eigenvalue weighted by atomic mass is 35.5. The Bertz CT molecular complexity index is 1360. The number of aromatic nitrogens is 1. The quantitative estimate of drug-likeness (QED) is 0.388. The fourth-order valence-electron chi connectivity index (χ4n) is 6.05. The van der Waals surface area contributed by atoms with Crippen LogP contribution in [0.5, 0.6) is 0 Å². The molecule has 0 unspecified atom stereocenters. The van der Waals surface area contributed by atoms with Gasteiger partial charge in [0.05, 0.1) is 11.6 Å². The van der Waals surface area contributed by atoms with Crippen LogP contribution in [-0.4, -0.2) is 58.7 Å². The van der Waals surface area contributed by atoms with E-state index in [-0.39, 0.29) is 35.5 Å². The number of hydrogen-bond acceptors (Lipinski definition) is 4. The second kappa shape index (κ2) is 9.76. The molecule has 2 aliphatic heterocycles. The number of alkyl halides is 2. The molecular formula is C25H24ClF4N5O3. The Hall–Kier alpha value is -3.33. The lowest BCUT2D eigenvalue weighted by Gasteiger charge is -2.29. The molecule has 1 aromatic carbocycles. The smallest absolute Gasteiger partial charge is 0.271 e. The van der Waals surface area contributed by atoms with Crippen molar-refractivity contribution in [2.75, 3.05) is 13.1 Å². The molecule has 38 heavy (non-hydrogen) atoms. The zero-order chi connectivity index (χ0) is 27.4. The maximum absolute atomic E-state index is 14.3. The average Bonchev–Trinajstić information content (AvgIpc) is 3.53. The topological polar surface area (TPSA) is 118 Å². The van der Waals surface area contributed by atoms with Crippen molar-refractivity contribution in [3.63, 3.8) is 0 Å². The molecule has 3 fully saturated rings. The molecular weight excluding hydrogens is 530 g/mol. The minimum Gasteiger partial charge on any atom is -0.356 e. The molecule has 3 amide bonds. The molecule has 0 spiro atoms. The standard InChI is InChI=1S/C25H24ClF4N5O3/c26-19-17(28)6-16(27)14-5-18(34-20(14)19)24(38)35-10-12-7-25(29,30)8-15(12)21(35)23(37)33-13(9-31)4-11-2-1-3-32-22(11)36/h5-6,11-13,15,21,34H,1-4,7-8,10H2,(H,32,36)(H,33,37)/t11-,12+,13-,15+,21-/m0/s1. The van der Waals surface area contributed by atoms with Gasteiger partial charge in [0.15, 0.2) is 0 Å². The van der Waals surface area contributed by atoms with Gasteiger partial charge in [0.2, 0.25) is 17.7 Å². The maximum Gasteiger partial charge on any atom is 0.271 e. The van der Waals surface area contributed by atoms with E-state index in [9.17, 15) is 37.2 Å². The van der Waals surface area contributed by atoms with E-state index >= 15 is 0 Å². The third-order valence-corrected chi connectivity index (χ3v) is 8.15. The lowest BCUT2D eigenvalue weighted by Crippen LogP contribution is -2.52. The number of nitrogens with one attached hydrogen (secondary N) is 3. The van der Waals surface area contributed by atoms with Crippen molar-refractivity contribution in [1.29, 1.82) is 5.26 Å². The van der Waals surface area contributed by atoms with Gasteiger partial charge in [0.1, 0.15) is 34.4 Å². The Morgan fingerprint density at radius 3 is 2.74 bits per heavy atom. The van der Waals surface area contributed by atoms with Crippen LogP contribution in [0.3, 0.4) is 0 Å². The summed E-state index contributed by atoms with van der Waals surface area (Å²) in [4.78, 5) is 42.8. The van der Waals surface area contributed by atoms with Crippen LogP contribution in [0.1, 0.15) is 42.6 Å². The molecule has 3 heterocycles. The Morgan fingerprint density at radius 2 is 2.03 bits per heavy atom. The molecule has 1 saturated carbocycles. The Balaban J connectivity index is 1.41. The van der Waals surface area contributed by atoms with Crippen LogP contribution in [-0.2, 0) is 9.59 Å². The number of fused-ring (bicyclic) bond motifs is 2. The highest BCUT2D eigenvalue weighted by Gasteiger charge is 2.58. The number of nitriles is 1. The lowest BCUT2D eigenvalue weighted by molar-refractivity contribution is -0.129. The van der Waals surface area contributed by atoms with E-state index in [0.717, 1.165) is 17.4 Å². The summed E-state index contributed by atoms with van der Waals surface area (Å²) < 4.78 is 56.8. The molecule has 2 saturated heterocycles. The number of hydrogen-bond donors (Lipinski definition) is 3. The SMILES string of the molecule is N#C[C@H](C[C@@H]1CCCNC1=O)NC(=O)[C@@H]1[C@@H]2CC(F)(F)C[C@@H]2CN1C(=O)c1cc2c(F)cc(F)c(Cl)c2[nH]1. The molecule has 0 radical (unpaired) electrons. The second-order valence-electron chi connectivity index (χ2n) is 10.3. The molecule has 13 heteroatoms. The van der Waals surface area contributed by atoms with Gasteiger partial charge in [-0.2, -0.15) is 5.26 Å².